The minimum Gasteiger partial charge on any atom is -0.389 e. The highest BCUT2D eigenvalue weighted by molar-refractivity contribution is 9.10. The van der Waals surface area contributed by atoms with Gasteiger partial charge in [-0.1, -0.05) is 53.6 Å². The number of hydrogen-bond donors (Lipinski definition) is 2. The van der Waals surface area contributed by atoms with E-state index in [0.717, 1.165) is 27.8 Å². The highest BCUT2D eigenvalue weighted by Gasteiger charge is 2.06. The van der Waals surface area contributed by atoms with Crippen LogP contribution in [0.5, 0.6) is 0 Å². The molecule has 2 aromatic carbocycles. The van der Waals surface area contributed by atoms with Gasteiger partial charge in [0.25, 0.3) is 0 Å². The van der Waals surface area contributed by atoms with Crippen molar-refractivity contribution in [2.24, 2.45) is 5.73 Å². The van der Waals surface area contributed by atoms with Crippen LogP contribution in [0.1, 0.15) is 30.9 Å². The largest absolute Gasteiger partial charge is 0.389 e. The summed E-state index contributed by atoms with van der Waals surface area (Å²) in [5.74, 6) is 0. The van der Waals surface area contributed by atoms with E-state index >= 15 is 0 Å². The van der Waals surface area contributed by atoms with Gasteiger partial charge in [0.1, 0.15) is 4.99 Å². The van der Waals surface area contributed by atoms with Crippen LogP contribution in [0.25, 0.3) is 0 Å². The number of unbranched alkanes of at least 4 members (excludes halogenated alkanes) is 1. The summed E-state index contributed by atoms with van der Waals surface area (Å²) in [5.41, 5.74) is 9.94. The molecule has 3 N–H and O–H groups in total. The van der Waals surface area contributed by atoms with E-state index in [1.807, 2.05) is 18.2 Å². The van der Waals surface area contributed by atoms with Gasteiger partial charge in [-0.15, -0.1) is 0 Å². The van der Waals surface area contributed by atoms with E-state index in [0.29, 0.717) is 4.99 Å². The lowest BCUT2D eigenvalue weighted by molar-refractivity contribution is 0.795. The maximum Gasteiger partial charge on any atom is 0.106 e. The van der Waals surface area contributed by atoms with Crippen LogP contribution < -0.4 is 11.1 Å². The van der Waals surface area contributed by atoms with Gasteiger partial charge in [0.15, 0.2) is 0 Å². The fourth-order valence-electron chi connectivity index (χ4n) is 2.13. The van der Waals surface area contributed by atoms with E-state index in [1.54, 1.807) is 0 Å². The first-order valence-electron chi connectivity index (χ1n) is 7.05. The van der Waals surface area contributed by atoms with Crippen molar-refractivity contribution in [3.8, 4) is 0 Å². The Kier molecular flexibility index (Phi) is 5.76. The Hall–Kier alpha value is -1.39. The first kappa shape index (κ1) is 16.0. The molecule has 0 atom stereocenters. The molecule has 0 aliphatic heterocycles. The van der Waals surface area contributed by atoms with Crippen molar-refractivity contribution in [3.05, 3.63) is 58.1 Å². The van der Waals surface area contributed by atoms with E-state index in [1.165, 1.54) is 18.4 Å². The van der Waals surface area contributed by atoms with Crippen molar-refractivity contribution in [3.63, 3.8) is 0 Å². The number of nitrogens with two attached hydrogens (primary N) is 1. The number of hydrogen-bond acceptors (Lipinski definition) is 2. The van der Waals surface area contributed by atoms with Crippen molar-refractivity contribution in [1.82, 2.24) is 0 Å². The van der Waals surface area contributed by atoms with Gasteiger partial charge in [0.2, 0.25) is 0 Å². The number of aryl methyl sites for hydroxylation is 1. The molecule has 21 heavy (non-hydrogen) atoms. The number of anilines is 2. The topological polar surface area (TPSA) is 38.0 Å². The maximum absolute atomic E-state index is 5.77. The summed E-state index contributed by atoms with van der Waals surface area (Å²) in [6, 6.07) is 14.4. The maximum atomic E-state index is 5.77. The van der Waals surface area contributed by atoms with Crippen LogP contribution in [0.15, 0.2) is 46.9 Å². The number of benzene rings is 2. The van der Waals surface area contributed by atoms with Crippen LogP contribution in [-0.2, 0) is 6.42 Å². The Balaban J connectivity index is 2.18. The van der Waals surface area contributed by atoms with E-state index in [-0.39, 0.29) is 0 Å². The smallest absolute Gasteiger partial charge is 0.106 e. The number of nitrogens with one attached hydrogen (secondary N) is 1. The molecule has 0 fully saturated rings. The van der Waals surface area contributed by atoms with Crippen LogP contribution in [0.2, 0.25) is 0 Å². The van der Waals surface area contributed by atoms with Crippen molar-refractivity contribution in [2.45, 2.75) is 26.2 Å². The Morgan fingerprint density at radius 2 is 1.90 bits per heavy atom. The minimum absolute atomic E-state index is 0.393. The van der Waals surface area contributed by atoms with Gasteiger partial charge in [0.05, 0.1) is 0 Å². The van der Waals surface area contributed by atoms with Gasteiger partial charge in [-0.05, 0) is 48.7 Å². The van der Waals surface area contributed by atoms with Crippen molar-refractivity contribution < 1.29 is 0 Å². The van der Waals surface area contributed by atoms with Crippen molar-refractivity contribution in [1.29, 1.82) is 0 Å². The lowest BCUT2D eigenvalue weighted by Gasteiger charge is -2.12. The summed E-state index contributed by atoms with van der Waals surface area (Å²) in [4.78, 5) is 0.393. The van der Waals surface area contributed by atoms with Gasteiger partial charge < -0.3 is 11.1 Å². The van der Waals surface area contributed by atoms with Crippen molar-refractivity contribution >= 4 is 44.5 Å². The summed E-state index contributed by atoms with van der Waals surface area (Å²) >= 11 is 8.57. The lowest BCUT2D eigenvalue weighted by atomic mass is 10.1. The van der Waals surface area contributed by atoms with E-state index < -0.39 is 0 Å². The molecule has 0 saturated carbocycles. The van der Waals surface area contributed by atoms with Gasteiger partial charge in [-0.3, -0.25) is 0 Å². The molecular formula is C17H19BrN2S. The van der Waals surface area contributed by atoms with Crippen LogP contribution in [-0.4, -0.2) is 4.99 Å². The fourth-order valence-corrected chi connectivity index (χ4v) is 2.66. The van der Waals surface area contributed by atoms with Crippen LogP contribution in [0.3, 0.4) is 0 Å². The van der Waals surface area contributed by atoms with Gasteiger partial charge in [0, 0.05) is 21.4 Å². The molecule has 2 rings (SSSR count). The summed E-state index contributed by atoms with van der Waals surface area (Å²) < 4.78 is 0.990. The zero-order valence-corrected chi connectivity index (χ0v) is 14.4. The molecule has 0 radical (unpaired) electrons. The average molecular weight is 363 g/mol. The molecule has 0 amide bonds. The summed E-state index contributed by atoms with van der Waals surface area (Å²) in [5, 5.41) is 3.38. The predicted molar refractivity (Wildman–Crippen MR) is 98.4 cm³/mol. The van der Waals surface area contributed by atoms with Crippen LogP contribution >= 0.6 is 28.1 Å². The highest BCUT2D eigenvalue weighted by atomic mass is 79.9. The number of thiocarbonyl (C=S) groups is 1. The third-order valence-electron chi connectivity index (χ3n) is 3.30. The molecular weight excluding hydrogens is 344 g/mol. The van der Waals surface area contributed by atoms with E-state index in [2.05, 4.69) is 52.4 Å². The molecule has 0 unspecified atom stereocenters. The zero-order chi connectivity index (χ0) is 15.2. The number of rotatable bonds is 6. The average Bonchev–Trinajstić information content (AvgIpc) is 2.46. The molecule has 4 heteroatoms. The third kappa shape index (κ3) is 4.55. The second-order valence-electron chi connectivity index (χ2n) is 4.98. The molecule has 0 heterocycles. The molecule has 0 bridgehead atoms. The Morgan fingerprint density at radius 1 is 1.19 bits per heavy atom. The van der Waals surface area contributed by atoms with Gasteiger partial charge >= 0.3 is 0 Å². The second-order valence-corrected chi connectivity index (χ2v) is 6.34. The quantitative estimate of drug-likeness (QED) is 0.696. The fraction of sp³-hybridized carbons (Fsp3) is 0.235. The molecule has 0 aliphatic rings. The Morgan fingerprint density at radius 3 is 2.52 bits per heavy atom. The third-order valence-corrected chi connectivity index (χ3v) is 4.01. The minimum atomic E-state index is 0.393. The number of halogens is 1. The second kappa shape index (κ2) is 7.57. The van der Waals surface area contributed by atoms with Gasteiger partial charge in [-0.2, -0.15) is 0 Å². The van der Waals surface area contributed by atoms with Gasteiger partial charge in [-0.25, -0.2) is 0 Å². The molecule has 0 aromatic heterocycles. The molecule has 110 valence electrons. The van der Waals surface area contributed by atoms with E-state index in [9.17, 15) is 0 Å². The molecule has 0 spiro atoms. The van der Waals surface area contributed by atoms with Crippen molar-refractivity contribution in [2.75, 3.05) is 5.32 Å². The SMILES string of the molecule is CCCCc1ccc(Nc2cc(Br)ccc2C(N)=S)cc1. The Bertz CT molecular complexity index is 623. The molecule has 0 saturated heterocycles. The monoisotopic (exact) mass is 362 g/mol. The van der Waals surface area contributed by atoms with Crippen LogP contribution in [0.4, 0.5) is 11.4 Å². The predicted octanol–water partition coefficient (Wildman–Crippen LogP) is 5.17. The molecule has 0 aliphatic carbocycles. The normalized spacial score (nSPS) is 10.4. The lowest BCUT2D eigenvalue weighted by Crippen LogP contribution is -2.11. The molecule has 2 nitrogen and oxygen atoms in total. The first-order chi connectivity index (χ1) is 10.1. The first-order valence-corrected chi connectivity index (χ1v) is 8.25. The highest BCUT2D eigenvalue weighted by Crippen LogP contribution is 2.25. The summed E-state index contributed by atoms with van der Waals surface area (Å²) in [7, 11) is 0. The zero-order valence-electron chi connectivity index (χ0n) is 12.0. The van der Waals surface area contributed by atoms with E-state index in [4.69, 9.17) is 18.0 Å². The van der Waals surface area contributed by atoms with Crippen LogP contribution in [0, 0.1) is 0 Å². The summed E-state index contributed by atoms with van der Waals surface area (Å²) in [6.45, 7) is 2.21. The summed E-state index contributed by atoms with van der Waals surface area (Å²) in [6.07, 6.45) is 3.57. The Labute approximate surface area is 139 Å². The molecule has 2 aromatic rings. The standard InChI is InChI=1S/C17H19BrN2S/c1-2-3-4-12-5-8-14(9-6-12)20-16-11-13(18)7-10-15(16)17(19)21/h5-11,20H,2-4H2,1H3,(H2,19,21).